The van der Waals surface area contributed by atoms with Crippen molar-refractivity contribution in [3.63, 3.8) is 0 Å². The highest BCUT2D eigenvalue weighted by atomic mass is 16.6. The summed E-state index contributed by atoms with van der Waals surface area (Å²) in [5.41, 5.74) is 2.48. The molecule has 0 aliphatic heterocycles. The molecule has 37 heavy (non-hydrogen) atoms. The van der Waals surface area contributed by atoms with Crippen LogP contribution in [0.5, 0.6) is 0 Å². The third-order valence-electron chi connectivity index (χ3n) is 11.8. The minimum atomic E-state index is -0.202. The number of hydrogen-bond acceptors (Lipinski definition) is 2. The highest BCUT2D eigenvalue weighted by molar-refractivity contribution is 5.67. The monoisotopic (exact) mass is 513 g/mol. The van der Waals surface area contributed by atoms with E-state index in [0.717, 1.165) is 61.3 Å². The molecule has 0 aromatic heterocycles. The van der Waals surface area contributed by atoms with Gasteiger partial charge < -0.3 is 10.1 Å². The summed E-state index contributed by atoms with van der Waals surface area (Å²) in [6.45, 7) is 15.5. The molecule has 0 unspecified atom stereocenters. The fourth-order valence-electron chi connectivity index (χ4n) is 9.69. The minimum Gasteiger partial charge on any atom is -0.446 e. The fraction of sp³-hybridized carbons (Fsp3) is 0.912. The molecule has 4 aliphatic carbocycles. The number of hydrogen-bond donors (Lipinski definition) is 1. The molecule has 0 aromatic carbocycles. The maximum atomic E-state index is 12.4. The van der Waals surface area contributed by atoms with Crippen LogP contribution in [0.2, 0.25) is 0 Å². The standard InChI is InChI=1S/C34H59NO2/c1-7-8-9-10-22-35-32(36)37-27-18-20-33(5)26(23-27)14-15-28-30-17-16-29(25(4)13-11-12-24(2)3)34(30,6)21-19-31(28)33/h14,24-25,27-31H,7-13,15-23H2,1-6H3,(H,35,36)/t25-,27-,28+,29-,30+,31+,33-,34+/m0/s1. The Bertz CT molecular complexity index is 789. The Labute approximate surface area is 229 Å². The smallest absolute Gasteiger partial charge is 0.407 e. The molecule has 3 saturated carbocycles. The van der Waals surface area contributed by atoms with Gasteiger partial charge in [0.2, 0.25) is 0 Å². The van der Waals surface area contributed by atoms with Crippen LogP contribution in [0.4, 0.5) is 4.79 Å². The quantitative estimate of drug-likeness (QED) is 0.220. The molecule has 212 valence electrons. The van der Waals surface area contributed by atoms with Gasteiger partial charge in [0.25, 0.3) is 0 Å². The van der Waals surface area contributed by atoms with Crippen LogP contribution in [0, 0.1) is 46.3 Å². The zero-order valence-corrected chi connectivity index (χ0v) is 25.2. The summed E-state index contributed by atoms with van der Waals surface area (Å²) >= 11 is 0. The maximum absolute atomic E-state index is 12.4. The molecule has 0 radical (unpaired) electrons. The third kappa shape index (κ3) is 6.27. The lowest BCUT2D eigenvalue weighted by Crippen LogP contribution is -2.51. The molecule has 3 heteroatoms. The second-order valence-electron chi connectivity index (χ2n) is 14.5. The molecule has 0 heterocycles. The molecule has 3 fully saturated rings. The van der Waals surface area contributed by atoms with Crippen molar-refractivity contribution in [1.82, 2.24) is 5.32 Å². The highest BCUT2D eigenvalue weighted by Crippen LogP contribution is 2.67. The molecule has 1 N–H and O–H groups in total. The van der Waals surface area contributed by atoms with Crippen molar-refractivity contribution in [2.24, 2.45) is 46.3 Å². The van der Waals surface area contributed by atoms with Crippen molar-refractivity contribution in [2.45, 2.75) is 144 Å². The summed E-state index contributed by atoms with van der Waals surface area (Å²) in [4.78, 5) is 12.4. The first-order chi connectivity index (χ1) is 17.7. The van der Waals surface area contributed by atoms with Gasteiger partial charge in [0.05, 0.1) is 0 Å². The Kier molecular flexibility index (Phi) is 9.77. The Balaban J connectivity index is 1.34. The normalized spacial score (nSPS) is 37.8. The van der Waals surface area contributed by atoms with Gasteiger partial charge in [-0.25, -0.2) is 4.79 Å². The first kappa shape index (κ1) is 29.0. The van der Waals surface area contributed by atoms with Crippen molar-refractivity contribution in [1.29, 1.82) is 0 Å². The maximum Gasteiger partial charge on any atom is 0.407 e. The van der Waals surface area contributed by atoms with E-state index in [-0.39, 0.29) is 12.2 Å². The van der Waals surface area contributed by atoms with E-state index in [1.165, 1.54) is 77.0 Å². The lowest BCUT2D eigenvalue weighted by Gasteiger charge is -2.58. The minimum absolute atomic E-state index is 0.0583. The van der Waals surface area contributed by atoms with Gasteiger partial charge in [-0.05, 0) is 97.7 Å². The number of fused-ring (bicyclic) bond motifs is 5. The van der Waals surface area contributed by atoms with Crippen LogP contribution in [-0.2, 0) is 4.74 Å². The molecular formula is C34H59NO2. The number of unbranched alkanes of at least 4 members (excludes halogenated alkanes) is 3. The van der Waals surface area contributed by atoms with Gasteiger partial charge in [-0.2, -0.15) is 0 Å². The number of rotatable bonds is 11. The van der Waals surface area contributed by atoms with E-state index < -0.39 is 0 Å². The molecule has 3 nitrogen and oxygen atoms in total. The first-order valence-corrected chi connectivity index (χ1v) is 16.3. The SMILES string of the molecule is CCCCCCNC(=O)O[C@H]1CC[C@@]2(C)C(=CC[C@@H]3[C@H]4CC[C@@H]([C@@H](C)CCCC(C)C)[C@@]4(C)CC[C@H]32)C1. The zero-order valence-electron chi connectivity index (χ0n) is 25.2. The van der Waals surface area contributed by atoms with Gasteiger partial charge in [0.1, 0.15) is 6.10 Å². The predicted molar refractivity (Wildman–Crippen MR) is 155 cm³/mol. The fourth-order valence-corrected chi connectivity index (χ4v) is 9.69. The van der Waals surface area contributed by atoms with Crippen molar-refractivity contribution in [3.05, 3.63) is 11.6 Å². The van der Waals surface area contributed by atoms with Crippen molar-refractivity contribution in [3.8, 4) is 0 Å². The van der Waals surface area contributed by atoms with Crippen molar-refractivity contribution >= 4 is 6.09 Å². The van der Waals surface area contributed by atoms with Gasteiger partial charge in [-0.15, -0.1) is 0 Å². The topological polar surface area (TPSA) is 38.3 Å². The number of ether oxygens (including phenoxy) is 1. The molecule has 0 bridgehead atoms. The Hall–Kier alpha value is -0.990. The molecule has 8 atom stereocenters. The molecule has 4 rings (SSSR count). The van der Waals surface area contributed by atoms with E-state index in [0.29, 0.717) is 10.8 Å². The second kappa shape index (κ2) is 12.5. The van der Waals surface area contributed by atoms with Gasteiger partial charge >= 0.3 is 6.09 Å². The van der Waals surface area contributed by atoms with E-state index in [1.54, 1.807) is 5.57 Å². The number of carbonyl (C=O) groups excluding carboxylic acids is 1. The molecule has 0 spiro atoms. The predicted octanol–water partition coefficient (Wildman–Crippen LogP) is 9.70. The lowest BCUT2D eigenvalue weighted by atomic mass is 9.47. The van der Waals surface area contributed by atoms with Crippen LogP contribution < -0.4 is 5.32 Å². The number of allylic oxidation sites excluding steroid dienone is 1. The van der Waals surface area contributed by atoms with Crippen LogP contribution in [0.3, 0.4) is 0 Å². The van der Waals surface area contributed by atoms with Crippen LogP contribution in [0.15, 0.2) is 11.6 Å². The van der Waals surface area contributed by atoms with Crippen LogP contribution in [-0.4, -0.2) is 18.7 Å². The number of nitrogens with one attached hydrogen (secondary N) is 1. The van der Waals surface area contributed by atoms with E-state index in [2.05, 4.69) is 52.9 Å². The van der Waals surface area contributed by atoms with Crippen LogP contribution >= 0.6 is 0 Å². The van der Waals surface area contributed by atoms with Gasteiger partial charge in [0.15, 0.2) is 0 Å². The summed E-state index contributed by atoms with van der Waals surface area (Å²) in [6.07, 6.45) is 21.6. The van der Waals surface area contributed by atoms with Crippen LogP contribution in [0.1, 0.15) is 138 Å². The van der Waals surface area contributed by atoms with Crippen LogP contribution in [0.25, 0.3) is 0 Å². The Morgan fingerprint density at radius 3 is 2.57 bits per heavy atom. The first-order valence-electron chi connectivity index (χ1n) is 16.3. The number of alkyl carbamates (subject to hydrolysis) is 1. The average Bonchev–Trinajstić information content (AvgIpc) is 3.21. The highest BCUT2D eigenvalue weighted by Gasteiger charge is 2.59. The molecule has 0 aromatic rings. The number of amides is 1. The third-order valence-corrected chi connectivity index (χ3v) is 11.8. The van der Waals surface area contributed by atoms with E-state index in [4.69, 9.17) is 4.74 Å². The van der Waals surface area contributed by atoms with E-state index >= 15 is 0 Å². The summed E-state index contributed by atoms with van der Waals surface area (Å²) in [7, 11) is 0. The van der Waals surface area contributed by atoms with Gasteiger partial charge in [-0.1, -0.05) is 91.7 Å². The number of carbonyl (C=O) groups is 1. The summed E-state index contributed by atoms with van der Waals surface area (Å²) in [5.74, 6) is 5.24. The summed E-state index contributed by atoms with van der Waals surface area (Å²) in [6, 6.07) is 0. The van der Waals surface area contributed by atoms with Gasteiger partial charge in [0, 0.05) is 13.0 Å². The molecule has 4 aliphatic rings. The summed E-state index contributed by atoms with van der Waals surface area (Å²) < 4.78 is 5.91. The molecule has 1 amide bonds. The molecular weight excluding hydrogens is 454 g/mol. The van der Waals surface area contributed by atoms with Gasteiger partial charge in [-0.3, -0.25) is 0 Å². The Morgan fingerprint density at radius 1 is 1.00 bits per heavy atom. The lowest BCUT2D eigenvalue weighted by molar-refractivity contribution is -0.0581. The largest absolute Gasteiger partial charge is 0.446 e. The van der Waals surface area contributed by atoms with E-state index in [1.807, 2.05) is 0 Å². The summed E-state index contributed by atoms with van der Waals surface area (Å²) in [5, 5.41) is 3.00. The second-order valence-corrected chi connectivity index (χ2v) is 14.5. The van der Waals surface area contributed by atoms with E-state index in [9.17, 15) is 4.79 Å². The molecule has 0 saturated heterocycles. The zero-order chi connectivity index (χ0) is 26.6. The Morgan fingerprint density at radius 2 is 1.81 bits per heavy atom. The average molecular weight is 514 g/mol. The van der Waals surface area contributed by atoms with Crippen molar-refractivity contribution < 1.29 is 9.53 Å². The van der Waals surface area contributed by atoms with Crippen molar-refractivity contribution in [2.75, 3.05) is 6.54 Å².